The summed E-state index contributed by atoms with van der Waals surface area (Å²) >= 11 is 0. The number of esters is 1. The van der Waals surface area contributed by atoms with E-state index in [1.807, 2.05) is 0 Å². The molecule has 0 amide bonds. The van der Waals surface area contributed by atoms with Crippen molar-refractivity contribution in [1.82, 2.24) is 0 Å². The fraction of sp³-hybridized carbons (Fsp3) is 0.929. The second-order valence-electron chi connectivity index (χ2n) is 6.47. The molecule has 7 nitrogen and oxygen atoms in total. The number of aliphatic hydroxyl groups is 1. The van der Waals surface area contributed by atoms with Gasteiger partial charge in [0.1, 0.15) is 0 Å². The Balaban J connectivity index is 2.19. The first-order valence-corrected chi connectivity index (χ1v) is 7.09. The molecule has 3 aliphatic rings. The highest BCUT2D eigenvalue weighted by Gasteiger charge is 2.82. The van der Waals surface area contributed by atoms with Crippen LogP contribution in [0.1, 0.15) is 34.6 Å². The van der Waals surface area contributed by atoms with Crippen molar-refractivity contribution in [3.63, 3.8) is 0 Å². The average molecular weight is 302 g/mol. The van der Waals surface area contributed by atoms with Crippen LogP contribution in [-0.4, -0.2) is 53.4 Å². The van der Waals surface area contributed by atoms with Gasteiger partial charge in [-0.3, -0.25) is 4.79 Å². The lowest BCUT2D eigenvalue weighted by Crippen LogP contribution is -2.74. The normalized spacial score (nSPS) is 56.3. The Bertz CT molecular complexity index is 494. The first-order chi connectivity index (χ1) is 9.55. The van der Waals surface area contributed by atoms with E-state index in [1.54, 1.807) is 34.6 Å². The molecule has 0 spiro atoms. The summed E-state index contributed by atoms with van der Waals surface area (Å²) in [7, 11) is 1.29. The Morgan fingerprint density at radius 1 is 1.19 bits per heavy atom. The highest BCUT2D eigenvalue weighted by Crippen LogP contribution is 2.63. The van der Waals surface area contributed by atoms with Gasteiger partial charge in [-0.1, -0.05) is 0 Å². The van der Waals surface area contributed by atoms with Crippen molar-refractivity contribution in [3.05, 3.63) is 0 Å². The van der Waals surface area contributed by atoms with E-state index in [0.29, 0.717) is 0 Å². The van der Waals surface area contributed by atoms with Gasteiger partial charge in [0.2, 0.25) is 5.79 Å². The summed E-state index contributed by atoms with van der Waals surface area (Å²) in [5, 5.41) is 10.3. The van der Waals surface area contributed by atoms with E-state index in [0.717, 1.165) is 0 Å². The van der Waals surface area contributed by atoms with Crippen molar-refractivity contribution < 1.29 is 33.6 Å². The van der Waals surface area contributed by atoms with Gasteiger partial charge in [-0.25, -0.2) is 0 Å². The number of fused-ring (bicyclic) bond motifs is 2. The maximum Gasteiger partial charge on any atom is 0.319 e. The number of hydrogen-bond acceptors (Lipinski definition) is 7. The maximum absolute atomic E-state index is 12.2. The Labute approximate surface area is 123 Å². The van der Waals surface area contributed by atoms with Crippen molar-refractivity contribution in [2.75, 3.05) is 7.11 Å². The van der Waals surface area contributed by atoms with Gasteiger partial charge in [-0.05, 0) is 34.6 Å². The number of hydrogen-bond donors (Lipinski definition) is 1. The molecule has 7 atom stereocenters. The van der Waals surface area contributed by atoms with Gasteiger partial charge in [0.05, 0.1) is 19.3 Å². The summed E-state index contributed by atoms with van der Waals surface area (Å²) in [6.07, 6.45) is -1.45. The van der Waals surface area contributed by atoms with Crippen LogP contribution in [0.3, 0.4) is 0 Å². The SMILES string of the molecule is COC(=O)[C@@H]1[C@]2(C)O[C@H](C)[C@@]3([C@@H](C)O)O[C@@]1(C)O[C@@]3(C)O2. The van der Waals surface area contributed by atoms with Crippen LogP contribution in [0.15, 0.2) is 0 Å². The fourth-order valence-electron chi connectivity index (χ4n) is 4.39. The van der Waals surface area contributed by atoms with Crippen molar-refractivity contribution in [3.8, 4) is 0 Å². The fourth-order valence-corrected chi connectivity index (χ4v) is 4.39. The summed E-state index contributed by atoms with van der Waals surface area (Å²) in [5.41, 5.74) is -1.22. The standard InChI is InChI=1S/C14H22O7/c1-7(15)14-8(2)18-11(3)9(10(16)17-6)12(4,21-14)20-13(14,5)19-11/h7-9,15H,1-6H3/t7-,8-,9-,11-,12-,13-,14-/m1/s1. The van der Waals surface area contributed by atoms with Crippen LogP contribution in [-0.2, 0) is 28.5 Å². The largest absolute Gasteiger partial charge is 0.468 e. The molecule has 3 saturated heterocycles. The number of rotatable bonds is 2. The zero-order valence-corrected chi connectivity index (χ0v) is 13.1. The zero-order chi connectivity index (χ0) is 15.8. The lowest BCUT2D eigenvalue weighted by Gasteiger charge is -2.56. The molecule has 0 aromatic rings. The monoisotopic (exact) mass is 302 g/mol. The van der Waals surface area contributed by atoms with Gasteiger partial charge in [0, 0.05) is 0 Å². The molecule has 0 unspecified atom stereocenters. The third-order valence-electron chi connectivity index (χ3n) is 5.00. The van der Waals surface area contributed by atoms with Crippen LogP contribution in [0.4, 0.5) is 0 Å². The van der Waals surface area contributed by atoms with E-state index in [9.17, 15) is 9.90 Å². The summed E-state index contributed by atoms with van der Waals surface area (Å²) in [4.78, 5) is 12.2. The van der Waals surface area contributed by atoms with Crippen molar-refractivity contribution in [1.29, 1.82) is 0 Å². The molecule has 21 heavy (non-hydrogen) atoms. The Kier molecular flexibility index (Phi) is 2.87. The Morgan fingerprint density at radius 3 is 2.29 bits per heavy atom. The third-order valence-corrected chi connectivity index (χ3v) is 5.00. The molecule has 0 aromatic carbocycles. The number of aliphatic hydroxyl groups excluding tert-OH is 1. The van der Waals surface area contributed by atoms with Gasteiger partial charge < -0.3 is 28.8 Å². The molecule has 0 saturated carbocycles. The highest BCUT2D eigenvalue weighted by atomic mass is 16.9. The van der Waals surface area contributed by atoms with E-state index in [2.05, 4.69) is 0 Å². The summed E-state index contributed by atoms with van der Waals surface area (Å²) in [6, 6.07) is 0. The highest BCUT2D eigenvalue weighted by molar-refractivity contribution is 5.75. The van der Waals surface area contributed by atoms with Crippen LogP contribution < -0.4 is 0 Å². The molecule has 3 rings (SSSR count). The summed E-state index contributed by atoms with van der Waals surface area (Å²) in [5.74, 6) is -5.22. The van der Waals surface area contributed by atoms with Crippen molar-refractivity contribution in [2.45, 2.75) is 69.8 Å². The molecule has 120 valence electrons. The number of carbonyl (C=O) groups excluding carboxylic acids is 1. The van der Waals surface area contributed by atoms with E-state index >= 15 is 0 Å². The first kappa shape index (κ1) is 15.2. The molecule has 3 heterocycles. The molecule has 3 fully saturated rings. The van der Waals surface area contributed by atoms with Crippen LogP contribution in [0.25, 0.3) is 0 Å². The molecule has 3 bridgehead atoms. The van der Waals surface area contributed by atoms with Crippen molar-refractivity contribution in [2.24, 2.45) is 5.92 Å². The predicted octanol–water partition coefficient (Wildman–Crippen LogP) is 0.540. The van der Waals surface area contributed by atoms with Crippen molar-refractivity contribution >= 4 is 5.97 Å². The Morgan fingerprint density at radius 2 is 1.76 bits per heavy atom. The van der Waals surface area contributed by atoms with E-state index < -0.39 is 47.1 Å². The lowest BCUT2D eigenvalue weighted by atomic mass is 9.81. The average Bonchev–Trinajstić information content (AvgIpc) is 2.49. The lowest BCUT2D eigenvalue weighted by molar-refractivity contribution is -0.467. The topological polar surface area (TPSA) is 83.5 Å². The summed E-state index contributed by atoms with van der Waals surface area (Å²) < 4.78 is 28.8. The smallest absolute Gasteiger partial charge is 0.319 e. The number of ether oxygens (including phenoxy) is 5. The van der Waals surface area contributed by atoms with E-state index in [4.69, 9.17) is 23.7 Å². The summed E-state index contributed by atoms with van der Waals surface area (Å²) in [6.45, 7) is 8.40. The van der Waals surface area contributed by atoms with Gasteiger partial charge in [-0.2, -0.15) is 0 Å². The molecule has 3 aliphatic heterocycles. The Hall–Kier alpha value is -0.730. The maximum atomic E-state index is 12.2. The quantitative estimate of drug-likeness (QED) is 0.745. The second-order valence-corrected chi connectivity index (χ2v) is 6.47. The second kappa shape index (κ2) is 3.97. The van der Waals surface area contributed by atoms with E-state index in [-0.39, 0.29) is 0 Å². The zero-order valence-electron chi connectivity index (χ0n) is 13.1. The molecule has 0 aliphatic carbocycles. The predicted molar refractivity (Wildman–Crippen MR) is 68.9 cm³/mol. The van der Waals surface area contributed by atoms with E-state index in [1.165, 1.54) is 7.11 Å². The van der Waals surface area contributed by atoms with Gasteiger partial charge >= 0.3 is 5.97 Å². The van der Waals surface area contributed by atoms with Gasteiger partial charge in [0.15, 0.2) is 23.1 Å². The number of carbonyl (C=O) groups is 1. The van der Waals surface area contributed by atoms with Gasteiger partial charge in [-0.15, -0.1) is 0 Å². The molecular weight excluding hydrogens is 280 g/mol. The minimum Gasteiger partial charge on any atom is -0.468 e. The van der Waals surface area contributed by atoms with Crippen LogP contribution in [0.2, 0.25) is 0 Å². The minimum atomic E-state index is -1.30. The van der Waals surface area contributed by atoms with Crippen LogP contribution in [0.5, 0.6) is 0 Å². The van der Waals surface area contributed by atoms with Crippen LogP contribution >= 0.6 is 0 Å². The molecule has 0 aromatic heterocycles. The van der Waals surface area contributed by atoms with Crippen LogP contribution in [0, 0.1) is 5.92 Å². The third kappa shape index (κ3) is 1.53. The first-order valence-electron chi connectivity index (χ1n) is 7.09. The molecule has 1 N–H and O–H groups in total. The molecule has 0 radical (unpaired) electrons. The molecular formula is C14H22O7. The number of methoxy groups -OCH3 is 1. The van der Waals surface area contributed by atoms with Gasteiger partial charge in [0.25, 0.3) is 0 Å². The molecule has 7 heteroatoms. The minimum absolute atomic E-state index is 0.530.